The molecule has 2 rings (SSSR count). The number of hydrogen-bond donors (Lipinski definition) is 1. The normalized spacial score (nSPS) is 18.8. The first-order valence-corrected chi connectivity index (χ1v) is 10.8. The van der Waals surface area contributed by atoms with Crippen LogP contribution in [-0.2, 0) is 4.74 Å². The molecule has 7 heteroatoms. The van der Waals surface area contributed by atoms with Crippen LogP contribution in [0.3, 0.4) is 0 Å². The molecule has 2 atom stereocenters. The van der Waals surface area contributed by atoms with Crippen molar-refractivity contribution in [3.8, 4) is 5.75 Å². The number of amides is 2. The zero-order valence-corrected chi connectivity index (χ0v) is 19.2. The lowest BCUT2D eigenvalue weighted by Gasteiger charge is -2.40. The second kappa shape index (κ2) is 10.7. The zero-order chi connectivity index (χ0) is 22.3. The average molecular weight is 420 g/mol. The predicted octanol–water partition coefficient (Wildman–Crippen LogP) is 4.13. The molecule has 7 nitrogen and oxygen atoms in total. The number of rotatable bonds is 6. The van der Waals surface area contributed by atoms with Crippen molar-refractivity contribution in [3.63, 3.8) is 0 Å². The fourth-order valence-corrected chi connectivity index (χ4v) is 3.65. The maximum Gasteiger partial charge on any atom is 0.415 e. The first-order valence-electron chi connectivity index (χ1n) is 10.8. The lowest BCUT2D eigenvalue weighted by atomic mass is 10.0. The van der Waals surface area contributed by atoms with Crippen LogP contribution in [-0.4, -0.2) is 65.9 Å². The van der Waals surface area contributed by atoms with Crippen molar-refractivity contribution in [1.29, 1.82) is 0 Å². The van der Waals surface area contributed by atoms with Gasteiger partial charge in [0.05, 0.1) is 0 Å². The monoisotopic (exact) mass is 419 g/mol. The fourth-order valence-electron chi connectivity index (χ4n) is 3.65. The van der Waals surface area contributed by atoms with E-state index in [1.54, 1.807) is 17.0 Å². The van der Waals surface area contributed by atoms with Gasteiger partial charge in [0.15, 0.2) is 0 Å². The number of carbonyl (C=O) groups is 2. The van der Waals surface area contributed by atoms with E-state index in [-0.39, 0.29) is 24.3 Å². The van der Waals surface area contributed by atoms with E-state index in [1.165, 1.54) is 0 Å². The van der Waals surface area contributed by atoms with E-state index in [2.05, 4.69) is 24.1 Å². The second-order valence-corrected chi connectivity index (χ2v) is 9.46. The summed E-state index contributed by atoms with van der Waals surface area (Å²) >= 11 is 0. The summed E-state index contributed by atoms with van der Waals surface area (Å²) < 4.78 is 10.9. The van der Waals surface area contributed by atoms with Crippen molar-refractivity contribution in [2.75, 3.05) is 26.2 Å². The van der Waals surface area contributed by atoms with E-state index in [0.29, 0.717) is 18.2 Å². The van der Waals surface area contributed by atoms with Gasteiger partial charge in [0, 0.05) is 38.3 Å². The average Bonchev–Trinajstić information content (AvgIpc) is 2.60. The number of ether oxygens (including phenoxy) is 2. The largest absolute Gasteiger partial charge is 0.444 e. The van der Waals surface area contributed by atoms with E-state index in [4.69, 9.17) is 9.47 Å². The van der Waals surface area contributed by atoms with Gasteiger partial charge in [-0.3, -0.25) is 4.90 Å². The highest BCUT2D eigenvalue weighted by Gasteiger charge is 2.30. The minimum Gasteiger partial charge on any atom is -0.444 e. The number of piperazine rings is 1. The molecule has 1 unspecified atom stereocenters. The van der Waals surface area contributed by atoms with Gasteiger partial charge in [-0.15, -0.1) is 0 Å². The molecule has 1 N–H and O–H groups in total. The van der Waals surface area contributed by atoms with E-state index in [9.17, 15) is 9.59 Å². The molecule has 1 aliphatic heterocycles. The fraction of sp³-hybridized carbons (Fsp3) is 0.652. The van der Waals surface area contributed by atoms with Gasteiger partial charge in [-0.2, -0.15) is 0 Å². The van der Waals surface area contributed by atoms with Crippen LogP contribution in [0.1, 0.15) is 48.0 Å². The molecule has 1 fully saturated rings. The smallest absolute Gasteiger partial charge is 0.415 e. The van der Waals surface area contributed by atoms with E-state index < -0.39 is 5.60 Å². The van der Waals surface area contributed by atoms with Crippen molar-refractivity contribution in [3.05, 3.63) is 30.3 Å². The molecule has 0 radical (unpaired) electrons. The minimum absolute atomic E-state index is 0.00475. The molecule has 0 saturated carbocycles. The molecule has 1 aromatic carbocycles. The van der Waals surface area contributed by atoms with Gasteiger partial charge in [0.2, 0.25) is 0 Å². The molecule has 0 bridgehead atoms. The van der Waals surface area contributed by atoms with Gasteiger partial charge in [-0.25, -0.2) is 9.59 Å². The number of nitrogens with one attached hydrogen (secondary N) is 1. The highest BCUT2D eigenvalue weighted by atomic mass is 16.6. The zero-order valence-electron chi connectivity index (χ0n) is 19.2. The van der Waals surface area contributed by atoms with Crippen molar-refractivity contribution >= 4 is 12.2 Å². The molecule has 0 aliphatic carbocycles. The Hall–Kier alpha value is -2.28. The van der Waals surface area contributed by atoms with Crippen LogP contribution in [0.2, 0.25) is 0 Å². The highest BCUT2D eigenvalue weighted by molar-refractivity contribution is 5.71. The lowest BCUT2D eigenvalue weighted by molar-refractivity contribution is 0.0453. The topological polar surface area (TPSA) is 71.1 Å². The first kappa shape index (κ1) is 24.0. The van der Waals surface area contributed by atoms with Crippen molar-refractivity contribution in [1.82, 2.24) is 15.1 Å². The van der Waals surface area contributed by atoms with E-state index >= 15 is 0 Å². The van der Waals surface area contributed by atoms with Crippen molar-refractivity contribution in [2.24, 2.45) is 5.92 Å². The Balaban J connectivity index is 1.90. The Morgan fingerprint density at radius 2 is 1.83 bits per heavy atom. The predicted molar refractivity (Wildman–Crippen MR) is 118 cm³/mol. The van der Waals surface area contributed by atoms with Crippen LogP contribution >= 0.6 is 0 Å². The van der Waals surface area contributed by atoms with E-state index in [0.717, 1.165) is 26.1 Å². The van der Waals surface area contributed by atoms with Crippen molar-refractivity contribution < 1.29 is 19.1 Å². The summed E-state index contributed by atoms with van der Waals surface area (Å²) in [6, 6.07) is 9.14. The summed E-state index contributed by atoms with van der Waals surface area (Å²) in [7, 11) is 0. The lowest BCUT2D eigenvalue weighted by Crippen LogP contribution is -2.57. The Labute approximate surface area is 180 Å². The summed E-state index contributed by atoms with van der Waals surface area (Å²) in [5.74, 6) is 1.00. The maximum absolute atomic E-state index is 12.5. The third-order valence-corrected chi connectivity index (χ3v) is 4.85. The van der Waals surface area contributed by atoms with Crippen LogP contribution in [0.25, 0.3) is 0 Å². The SMILES string of the molecule is CC(C)C[C@@H](CN1CCN(C(=O)Oc2ccccc2)C(C)C1)NC(=O)OC(C)(C)C. The van der Waals surface area contributed by atoms with Gasteiger partial charge in [-0.05, 0) is 52.2 Å². The number of alkyl carbamates (subject to hydrolysis) is 1. The molecule has 168 valence electrons. The molecular formula is C23H37N3O4. The third-order valence-electron chi connectivity index (χ3n) is 4.85. The maximum atomic E-state index is 12.5. The Bertz CT molecular complexity index is 687. The second-order valence-electron chi connectivity index (χ2n) is 9.46. The first-order chi connectivity index (χ1) is 14.0. The Kier molecular flexibility index (Phi) is 8.53. The van der Waals surface area contributed by atoms with Crippen LogP contribution in [0.4, 0.5) is 9.59 Å². The summed E-state index contributed by atoms with van der Waals surface area (Å²) in [6.45, 7) is 14.7. The summed E-state index contributed by atoms with van der Waals surface area (Å²) in [5, 5.41) is 3.03. The minimum atomic E-state index is -0.522. The number of hydrogen-bond acceptors (Lipinski definition) is 5. The van der Waals surface area contributed by atoms with E-state index in [1.807, 2.05) is 45.9 Å². The molecule has 1 aromatic rings. The molecule has 0 spiro atoms. The number of para-hydroxylation sites is 1. The Morgan fingerprint density at radius 3 is 2.40 bits per heavy atom. The van der Waals surface area contributed by atoms with Gasteiger partial charge in [-0.1, -0.05) is 32.0 Å². The summed E-state index contributed by atoms with van der Waals surface area (Å²) in [6.07, 6.45) is 0.161. The molecule has 1 saturated heterocycles. The van der Waals surface area contributed by atoms with Crippen LogP contribution in [0.5, 0.6) is 5.75 Å². The van der Waals surface area contributed by atoms with Gasteiger partial charge in [0.1, 0.15) is 11.4 Å². The molecule has 0 aromatic heterocycles. The molecule has 2 amide bonds. The van der Waals surface area contributed by atoms with Crippen LogP contribution in [0.15, 0.2) is 30.3 Å². The van der Waals surface area contributed by atoms with Gasteiger partial charge in [0.25, 0.3) is 0 Å². The summed E-state index contributed by atoms with van der Waals surface area (Å²) in [5.41, 5.74) is -0.522. The number of nitrogens with zero attached hydrogens (tertiary/aromatic N) is 2. The number of carbonyl (C=O) groups excluding carboxylic acids is 2. The standard InChI is InChI=1S/C23H37N3O4/c1-17(2)14-19(24-21(27)30-23(4,5)6)16-25-12-13-26(18(3)15-25)22(28)29-20-10-8-7-9-11-20/h7-11,17-19H,12-16H2,1-6H3,(H,24,27)/t18?,19-/m0/s1. The van der Waals surface area contributed by atoms with Crippen molar-refractivity contribution in [2.45, 2.75) is 65.6 Å². The highest BCUT2D eigenvalue weighted by Crippen LogP contribution is 2.17. The quantitative estimate of drug-likeness (QED) is 0.751. The van der Waals surface area contributed by atoms with Gasteiger partial charge >= 0.3 is 12.2 Å². The van der Waals surface area contributed by atoms with Gasteiger partial charge < -0.3 is 19.7 Å². The summed E-state index contributed by atoms with van der Waals surface area (Å²) in [4.78, 5) is 28.9. The molecule has 1 aliphatic rings. The molecular weight excluding hydrogens is 382 g/mol. The number of benzene rings is 1. The van der Waals surface area contributed by atoms with Crippen LogP contribution < -0.4 is 10.1 Å². The van der Waals surface area contributed by atoms with Crippen LogP contribution in [0, 0.1) is 5.92 Å². The molecule has 30 heavy (non-hydrogen) atoms. The third kappa shape index (κ3) is 8.22. The Morgan fingerprint density at radius 1 is 1.17 bits per heavy atom. The molecule has 1 heterocycles.